The zero-order valence-corrected chi connectivity index (χ0v) is 10.3. The third-order valence-electron chi connectivity index (χ3n) is 3.06. The van der Waals surface area contributed by atoms with Gasteiger partial charge in [-0.15, -0.1) is 13.2 Å². The van der Waals surface area contributed by atoms with Gasteiger partial charge in [-0.2, -0.15) is 0 Å². The molecule has 92 valence electrons. The summed E-state index contributed by atoms with van der Waals surface area (Å²) in [5, 5.41) is 0. The summed E-state index contributed by atoms with van der Waals surface area (Å²) in [4.78, 5) is 11.9. The van der Waals surface area contributed by atoms with Crippen molar-refractivity contribution in [3.63, 3.8) is 0 Å². The Morgan fingerprint density at radius 3 is 2.72 bits per heavy atom. The van der Waals surface area contributed by atoms with Crippen molar-refractivity contribution in [3.8, 4) is 0 Å². The maximum absolute atomic E-state index is 11.9. The van der Waals surface area contributed by atoms with Gasteiger partial charge in [-0.1, -0.05) is 36.4 Å². The van der Waals surface area contributed by atoms with Crippen LogP contribution in [0.1, 0.15) is 22.3 Å². The number of carbonyl (C=O) groups excluding carboxylic acids is 1. The van der Waals surface area contributed by atoms with Crippen molar-refractivity contribution in [1.29, 1.82) is 0 Å². The Hall–Kier alpha value is -1.93. The molecule has 2 nitrogen and oxygen atoms in total. The number of benzene rings is 1. The van der Waals surface area contributed by atoms with Crippen LogP contribution in [0.2, 0.25) is 0 Å². The molecule has 0 spiro atoms. The summed E-state index contributed by atoms with van der Waals surface area (Å²) in [6, 6.07) is 7.54. The Labute approximate surface area is 107 Å². The standard InChI is InChI=1S/C16H16O2/c1-3-10-16(18-12-4-2)11-9-15(17)13-7-5-6-8-14(13)16/h3-9,11H,1-2,10,12H2. The summed E-state index contributed by atoms with van der Waals surface area (Å²) >= 11 is 0. The zero-order chi connectivity index (χ0) is 13.0. The number of hydrogen-bond donors (Lipinski definition) is 0. The average molecular weight is 240 g/mol. The molecule has 0 fully saturated rings. The fraction of sp³-hybridized carbons (Fsp3) is 0.188. The molecule has 1 aromatic carbocycles. The lowest BCUT2D eigenvalue weighted by Crippen LogP contribution is -2.32. The first-order valence-electron chi connectivity index (χ1n) is 5.92. The predicted octanol–water partition coefficient (Wildman–Crippen LogP) is 3.41. The molecule has 0 aliphatic heterocycles. The number of fused-ring (bicyclic) bond motifs is 1. The predicted molar refractivity (Wildman–Crippen MR) is 72.6 cm³/mol. The van der Waals surface area contributed by atoms with Crippen LogP contribution in [0.4, 0.5) is 0 Å². The number of rotatable bonds is 5. The van der Waals surface area contributed by atoms with Crippen molar-refractivity contribution in [3.05, 3.63) is 72.9 Å². The minimum atomic E-state index is -0.597. The molecule has 2 rings (SSSR count). The Kier molecular flexibility index (Phi) is 3.58. The highest BCUT2D eigenvalue weighted by Crippen LogP contribution is 2.37. The average Bonchev–Trinajstić information content (AvgIpc) is 2.41. The Balaban J connectivity index is 2.52. The highest BCUT2D eigenvalue weighted by atomic mass is 16.5. The van der Waals surface area contributed by atoms with Crippen LogP contribution in [0, 0.1) is 0 Å². The third-order valence-corrected chi connectivity index (χ3v) is 3.06. The molecule has 1 aromatic rings. The van der Waals surface area contributed by atoms with Gasteiger partial charge < -0.3 is 4.74 Å². The monoisotopic (exact) mass is 240 g/mol. The van der Waals surface area contributed by atoms with Gasteiger partial charge in [0.15, 0.2) is 5.78 Å². The normalized spacial score (nSPS) is 21.4. The lowest BCUT2D eigenvalue weighted by atomic mass is 9.81. The van der Waals surface area contributed by atoms with Crippen molar-refractivity contribution in [2.24, 2.45) is 0 Å². The molecule has 18 heavy (non-hydrogen) atoms. The van der Waals surface area contributed by atoms with Crippen LogP contribution >= 0.6 is 0 Å². The number of ether oxygens (including phenoxy) is 1. The fourth-order valence-electron chi connectivity index (χ4n) is 2.24. The summed E-state index contributed by atoms with van der Waals surface area (Å²) in [6.07, 6.45) is 7.54. The second kappa shape index (κ2) is 5.15. The van der Waals surface area contributed by atoms with Gasteiger partial charge in [0.25, 0.3) is 0 Å². The quantitative estimate of drug-likeness (QED) is 0.737. The Bertz CT molecular complexity index is 514. The second-order valence-electron chi connectivity index (χ2n) is 4.23. The molecule has 1 aliphatic rings. The number of hydrogen-bond acceptors (Lipinski definition) is 2. The van der Waals surface area contributed by atoms with Crippen LogP contribution < -0.4 is 0 Å². The van der Waals surface area contributed by atoms with E-state index in [0.717, 1.165) is 5.56 Å². The molecule has 0 heterocycles. The second-order valence-corrected chi connectivity index (χ2v) is 4.23. The van der Waals surface area contributed by atoms with E-state index in [0.29, 0.717) is 18.6 Å². The lowest BCUT2D eigenvalue weighted by molar-refractivity contribution is 0.00540. The first kappa shape index (κ1) is 12.5. The van der Waals surface area contributed by atoms with Crippen molar-refractivity contribution in [2.45, 2.75) is 12.0 Å². The molecule has 0 bridgehead atoms. The van der Waals surface area contributed by atoms with E-state index in [1.54, 1.807) is 18.2 Å². The molecule has 0 saturated carbocycles. The molecule has 2 heteroatoms. The number of allylic oxidation sites excluding steroid dienone is 1. The SMILES string of the molecule is C=CCOC1(CC=C)C=CC(=O)c2ccccc21. The molecular weight excluding hydrogens is 224 g/mol. The number of carbonyl (C=O) groups is 1. The van der Waals surface area contributed by atoms with Crippen molar-refractivity contribution < 1.29 is 9.53 Å². The smallest absolute Gasteiger partial charge is 0.186 e. The zero-order valence-electron chi connectivity index (χ0n) is 10.3. The van der Waals surface area contributed by atoms with E-state index < -0.39 is 5.60 Å². The molecule has 1 atom stereocenters. The lowest BCUT2D eigenvalue weighted by Gasteiger charge is -2.33. The molecule has 0 N–H and O–H groups in total. The Morgan fingerprint density at radius 1 is 1.22 bits per heavy atom. The maximum atomic E-state index is 11.9. The largest absolute Gasteiger partial charge is 0.362 e. The maximum Gasteiger partial charge on any atom is 0.186 e. The third kappa shape index (κ3) is 2.07. The van der Waals surface area contributed by atoms with Crippen molar-refractivity contribution in [2.75, 3.05) is 6.61 Å². The van der Waals surface area contributed by atoms with Gasteiger partial charge in [0.05, 0.1) is 6.61 Å². The van der Waals surface area contributed by atoms with Gasteiger partial charge in [-0.25, -0.2) is 0 Å². The summed E-state index contributed by atoms with van der Waals surface area (Å²) < 4.78 is 5.91. The van der Waals surface area contributed by atoms with Crippen LogP contribution in [0.25, 0.3) is 0 Å². The van der Waals surface area contributed by atoms with Crippen LogP contribution in [0.5, 0.6) is 0 Å². The van der Waals surface area contributed by atoms with Gasteiger partial charge in [-0.05, 0) is 17.7 Å². The minimum Gasteiger partial charge on any atom is -0.362 e. The van der Waals surface area contributed by atoms with Gasteiger partial charge in [0.2, 0.25) is 0 Å². The summed E-state index contributed by atoms with van der Waals surface area (Å²) in [5.41, 5.74) is 1.01. The highest BCUT2D eigenvalue weighted by molar-refractivity contribution is 6.07. The van der Waals surface area contributed by atoms with Crippen LogP contribution in [0.15, 0.2) is 61.7 Å². The summed E-state index contributed by atoms with van der Waals surface area (Å²) in [7, 11) is 0. The summed E-state index contributed by atoms with van der Waals surface area (Å²) in [6.45, 7) is 7.87. The molecule has 0 aromatic heterocycles. The molecule has 0 radical (unpaired) electrons. The van der Waals surface area contributed by atoms with E-state index in [4.69, 9.17) is 4.74 Å². The van der Waals surface area contributed by atoms with E-state index in [9.17, 15) is 4.79 Å². The van der Waals surface area contributed by atoms with E-state index in [1.165, 1.54) is 0 Å². The highest BCUT2D eigenvalue weighted by Gasteiger charge is 2.35. The first-order chi connectivity index (χ1) is 8.73. The molecule has 1 aliphatic carbocycles. The van der Waals surface area contributed by atoms with Crippen LogP contribution in [-0.2, 0) is 10.3 Å². The minimum absolute atomic E-state index is 0.0208. The topological polar surface area (TPSA) is 26.3 Å². The first-order valence-corrected chi connectivity index (χ1v) is 5.92. The van der Waals surface area contributed by atoms with E-state index >= 15 is 0 Å². The van der Waals surface area contributed by atoms with Gasteiger partial charge >= 0.3 is 0 Å². The van der Waals surface area contributed by atoms with Crippen molar-refractivity contribution >= 4 is 5.78 Å². The molecule has 1 unspecified atom stereocenters. The number of ketones is 1. The van der Waals surface area contributed by atoms with E-state index in [1.807, 2.05) is 30.3 Å². The molecular formula is C16H16O2. The Morgan fingerprint density at radius 2 is 2.00 bits per heavy atom. The fourth-order valence-corrected chi connectivity index (χ4v) is 2.24. The van der Waals surface area contributed by atoms with E-state index in [2.05, 4.69) is 13.2 Å². The van der Waals surface area contributed by atoms with Crippen LogP contribution in [0.3, 0.4) is 0 Å². The van der Waals surface area contributed by atoms with Gasteiger partial charge in [0.1, 0.15) is 5.60 Å². The van der Waals surface area contributed by atoms with Gasteiger partial charge in [-0.3, -0.25) is 4.79 Å². The van der Waals surface area contributed by atoms with Crippen LogP contribution in [-0.4, -0.2) is 12.4 Å². The van der Waals surface area contributed by atoms with Crippen molar-refractivity contribution in [1.82, 2.24) is 0 Å². The molecule has 0 amide bonds. The van der Waals surface area contributed by atoms with E-state index in [-0.39, 0.29) is 5.78 Å². The van der Waals surface area contributed by atoms with Gasteiger partial charge in [0, 0.05) is 12.0 Å². The molecule has 0 saturated heterocycles. The summed E-state index contributed by atoms with van der Waals surface area (Å²) in [5.74, 6) is 0.0208.